The van der Waals surface area contributed by atoms with Gasteiger partial charge in [0, 0.05) is 37.3 Å². The van der Waals surface area contributed by atoms with E-state index in [0.717, 1.165) is 22.7 Å². The maximum Gasteiger partial charge on any atom is 0.246 e. The molecule has 2 aromatic rings. The lowest BCUT2D eigenvalue weighted by atomic mass is 9.91. The van der Waals surface area contributed by atoms with Crippen LogP contribution in [0.3, 0.4) is 0 Å². The third kappa shape index (κ3) is 4.22. The van der Waals surface area contributed by atoms with Crippen LogP contribution < -0.4 is 4.74 Å². The van der Waals surface area contributed by atoms with Gasteiger partial charge in [0.15, 0.2) is 0 Å². The Morgan fingerprint density at radius 1 is 1.33 bits per heavy atom. The van der Waals surface area contributed by atoms with Gasteiger partial charge < -0.3 is 14.7 Å². The molecule has 1 fully saturated rings. The van der Waals surface area contributed by atoms with E-state index in [0.29, 0.717) is 13.0 Å². The number of likely N-dealkylation sites (tertiary alicyclic amines) is 1. The fourth-order valence-corrected chi connectivity index (χ4v) is 3.48. The van der Waals surface area contributed by atoms with Crippen LogP contribution in [0.5, 0.6) is 5.75 Å². The first-order valence-corrected chi connectivity index (χ1v) is 9.19. The number of piperidine rings is 1. The second-order valence-corrected chi connectivity index (χ2v) is 7.37. The molecule has 1 amide bonds. The molecule has 0 unspecified atom stereocenters. The van der Waals surface area contributed by atoms with Gasteiger partial charge in [-0.05, 0) is 39.0 Å². The number of aliphatic hydroxyl groups is 1. The smallest absolute Gasteiger partial charge is 0.246 e. The van der Waals surface area contributed by atoms with E-state index in [1.165, 1.54) is 0 Å². The van der Waals surface area contributed by atoms with Crippen molar-refractivity contribution in [1.29, 1.82) is 0 Å². The molecule has 1 N–H and O–H groups in total. The van der Waals surface area contributed by atoms with Crippen molar-refractivity contribution in [3.8, 4) is 5.75 Å². The van der Waals surface area contributed by atoms with Gasteiger partial charge in [0.1, 0.15) is 17.5 Å². The summed E-state index contributed by atoms with van der Waals surface area (Å²) in [5.74, 6) is 0.612. The molecular weight excluding hydrogens is 342 g/mol. The molecule has 2 atom stereocenters. The lowest BCUT2D eigenvalue weighted by Gasteiger charge is -2.42. The first-order chi connectivity index (χ1) is 12.8. The number of β-amino-alcohol motifs (C(OH)–C–C–N with tert-alkyl or cyclic N) is 1. The fourth-order valence-electron chi connectivity index (χ4n) is 3.48. The Morgan fingerprint density at radius 3 is 2.63 bits per heavy atom. The van der Waals surface area contributed by atoms with Gasteiger partial charge in [-0.25, -0.2) is 0 Å². The fraction of sp³-hybridized carbons (Fsp3) is 0.429. The number of aromatic nitrogens is 2. The Hall–Kier alpha value is -2.60. The Bertz CT molecular complexity index is 840. The average Bonchev–Trinajstić information content (AvgIpc) is 2.87. The van der Waals surface area contributed by atoms with E-state index in [1.54, 1.807) is 28.7 Å². The highest BCUT2D eigenvalue weighted by atomic mass is 16.5. The zero-order chi connectivity index (χ0) is 19.6. The number of benzene rings is 1. The number of nitrogens with zero attached hydrogens (tertiary/aromatic N) is 3. The van der Waals surface area contributed by atoms with Gasteiger partial charge in [0.2, 0.25) is 5.91 Å². The largest absolute Gasteiger partial charge is 0.487 e. The van der Waals surface area contributed by atoms with Crippen LogP contribution in [0.4, 0.5) is 0 Å². The van der Waals surface area contributed by atoms with E-state index in [1.807, 2.05) is 51.2 Å². The van der Waals surface area contributed by atoms with Crippen LogP contribution in [0.25, 0.3) is 6.08 Å². The van der Waals surface area contributed by atoms with Crippen LogP contribution in [0.1, 0.15) is 30.3 Å². The summed E-state index contributed by atoms with van der Waals surface area (Å²) < 4.78 is 7.75. The lowest BCUT2D eigenvalue weighted by Crippen LogP contribution is -2.58. The summed E-state index contributed by atoms with van der Waals surface area (Å²) in [5, 5.41) is 15.2. The summed E-state index contributed by atoms with van der Waals surface area (Å²) in [7, 11) is 1.89. The zero-order valence-electron chi connectivity index (χ0n) is 16.3. The molecule has 0 saturated carbocycles. The number of aryl methyl sites for hydroxylation is 2. The summed E-state index contributed by atoms with van der Waals surface area (Å²) in [5.41, 5.74) is 1.75. The quantitative estimate of drug-likeness (QED) is 0.841. The number of para-hydroxylation sites is 1. The zero-order valence-corrected chi connectivity index (χ0v) is 16.3. The molecule has 1 saturated heterocycles. The highest BCUT2D eigenvalue weighted by Crippen LogP contribution is 2.26. The molecule has 144 valence electrons. The van der Waals surface area contributed by atoms with Crippen molar-refractivity contribution in [3.63, 3.8) is 0 Å². The third-order valence-electron chi connectivity index (χ3n) is 5.16. The van der Waals surface area contributed by atoms with Crippen molar-refractivity contribution < 1.29 is 14.6 Å². The van der Waals surface area contributed by atoms with Crippen LogP contribution in [0, 0.1) is 13.8 Å². The van der Waals surface area contributed by atoms with Crippen molar-refractivity contribution in [1.82, 2.24) is 14.7 Å². The van der Waals surface area contributed by atoms with Crippen molar-refractivity contribution >= 4 is 12.0 Å². The Labute approximate surface area is 160 Å². The van der Waals surface area contributed by atoms with Crippen molar-refractivity contribution in [2.45, 2.75) is 38.9 Å². The minimum absolute atomic E-state index is 0.115. The topological polar surface area (TPSA) is 67.6 Å². The predicted molar refractivity (Wildman–Crippen MR) is 104 cm³/mol. The average molecular weight is 369 g/mol. The molecule has 0 radical (unpaired) electrons. The predicted octanol–water partition coefficient (Wildman–Crippen LogP) is 2.48. The van der Waals surface area contributed by atoms with Crippen molar-refractivity contribution in [2.75, 3.05) is 13.1 Å². The molecule has 27 heavy (non-hydrogen) atoms. The van der Waals surface area contributed by atoms with E-state index < -0.39 is 5.60 Å². The van der Waals surface area contributed by atoms with Crippen LogP contribution >= 0.6 is 0 Å². The number of carbonyl (C=O) groups excluding carboxylic acids is 1. The number of hydrogen-bond acceptors (Lipinski definition) is 4. The highest BCUT2D eigenvalue weighted by molar-refractivity contribution is 5.92. The first kappa shape index (κ1) is 19.2. The van der Waals surface area contributed by atoms with Gasteiger partial charge in [-0.3, -0.25) is 9.48 Å². The second-order valence-electron chi connectivity index (χ2n) is 7.37. The number of ether oxygens (including phenoxy) is 1. The van der Waals surface area contributed by atoms with Crippen LogP contribution in [-0.2, 0) is 11.8 Å². The minimum Gasteiger partial charge on any atom is -0.487 e. The molecule has 2 heterocycles. The van der Waals surface area contributed by atoms with Gasteiger partial charge in [0.25, 0.3) is 0 Å². The standard InChI is InChI=1S/C21H27N3O3/c1-15-18(16(2)23(4)22-15)10-11-20(25)24-13-12-19(21(3,26)14-24)27-17-8-6-5-7-9-17/h5-11,19,26H,12-14H2,1-4H3/b11-10+/t19-,21-/m0/s1. The molecule has 0 aliphatic carbocycles. The minimum atomic E-state index is -1.11. The van der Waals surface area contributed by atoms with E-state index >= 15 is 0 Å². The van der Waals surface area contributed by atoms with E-state index in [2.05, 4.69) is 5.10 Å². The second kappa shape index (κ2) is 7.56. The molecule has 0 bridgehead atoms. The molecule has 0 spiro atoms. The molecule has 6 heteroatoms. The normalized spacial score (nSPS) is 23.0. The summed E-state index contributed by atoms with van der Waals surface area (Å²) in [6, 6.07) is 9.46. The Kier molecular flexibility index (Phi) is 5.37. The SMILES string of the molecule is Cc1nn(C)c(C)c1/C=C/C(=O)N1CC[C@H](Oc2ccccc2)[C@@](C)(O)C1. The molecule has 3 rings (SSSR count). The van der Waals surface area contributed by atoms with Gasteiger partial charge in [-0.2, -0.15) is 5.10 Å². The summed E-state index contributed by atoms with van der Waals surface area (Å²) in [4.78, 5) is 14.3. The van der Waals surface area contributed by atoms with E-state index in [4.69, 9.17) is 4.74 Å². The Balaban J connectivity index is 1.65. The molecule has 1 aliphatic rings. The summed E-state index contributed by atoms with van der Waals surface area (Å²) in [6.45, 7) is 6.40. The van der Waals surface area contributed by atoms with Gasteiger partial charge in [-0.15, -0.1) is 0 Å². The number of amides is 1. The van der Waals surface area contributed by atoms with Crippen LogP contribution in [0.15, 0.2) is 36.4 Å². The van der Waals surface area contributed by atoms with Crippen molar-refractivity contribution in [3.05, 3.63) is 53.4 Å². The molecule has 1 aromatic heterocycles. The molecule has 1 aliphatic heterocycles. The summed E-state index contributed by atoms with van der Waals surface area (Å²) in [6.07, 6.45) is 3.59. The van der Waals surface area contributed by atoms with E-state index in [9.17, 15) is 9.90 Å². The lowest BCUT2D eigenvalue weighted by molar-refractivity contribution is -0.140. The van der Waals surface area contributed by atoms with Crippen LogP contribution in [0.2, 0.25) is 0 Å². The molecule has 1 aromatic carbocycles. The van der Waals surface area contributed by atoms with Gasteiger partial charge in [-0.1, -0.05) is 18.2 Å². The van der Waals surface area contributed by atoms with E-state index in [-0.39, 0.29) is 18.6 Å². The monoisotopic (exact) mass is 369 g/mol. The Morgan fingerprint density at radius 2 is 2.04 bits per heavy atom. The number of rotatable bonds is 4. The van der Waals surface area contributed by atoms with Crippen LogP contribution in [-0.4, -0.2) is 50.5 Å². The summed E-state index contributed by atoms with van der Waals surface area (Å²) >= 11 is 0. The van der Waals surface area contributed by atoms with Crippen molar-refractivity contribution in [2.24, 2.45) is 7.05 Å². The maximum absolute atomic E-state index is 12.6. The molecular formula is C21H27N3O3. The third-order valence-corrected chi connectivity index (χ3v) is 5.16. The number of carbonyl (C=O) groups is 1. The molecule has 6 nitrogen and oxygen atoms in total. The first-order valence-electron chi connectivity index (χ1n) is 9.19. The maximum atomic E-state index is 12.6. The highest BCUT2D eigenvalue weighted by Gasteiger charge is 2.40. The van der Waals surface area contributed by atoms with Gasteiger partial charge >= 0.3 is 0 Å². The number of hydrogen-bond donors (Lipinski definition) is 1. The van der Waals surface area contributed by atoms with Gasteiger partial charge in [0.05, 0.1) is 12.2 Å².